The average molecular weight is 492 g/mol. The third-order valence-corrected chi connectivity index (χ3v) is 8.85. The number of hydrogen-bond donors (Lipinski definition) is 2. The fourth-order valence-corrected chi connectivity index (χ4v) is 6.22. The Kier molecular flexibility index (Phi) is 7.26. The Bertz CT molecular complexity index is 992. The van der Waals surface area contributed by atoms with E-state index >= 15 is 0 Å². The van der Waals surface area contributed by atoms with Crippen LogP contribution in [0.25, 0.3) is 0 Å². The van der Waals surface area contributed by atoms with Gasteiger partial charge in [-0.3, -0.25) is 0 Å². The standard InChI is InChI=1S/C21H28F3N3O3S2/c1-15(2)25-13-18-14-26(32(29,30)19-5-4-12-31-19)10-11-27(18)17-8-6-16(7-9-17)20(3,28)21(22,23)24/h4-9,12,15,18,25,28H,10-11,13-14H2,1-3H3/t18-,20-/m0/s1. The fourth-order valence-electron chi connectivity index (χ4n) is 3.61. The van der Waals surface area contributed by atoms with Crippen molar-refractivity contribution in [2.75, 3.05) is 31.1 Å². The van der Waals surface area contributed by atoms with Gasteiger partial charge in [0.25, 0.3) is 10.0 Å². The maximum Gasteiger partial charge on any atom is 0.421 e. The summed E-state index contributed by atoms with van der Waals surface area (Å²) in [5.74, 6) is 0. The second-order valence-corrected chi connectivity index (χ2v) is 11.4. The number of rotatable bonds is 7. The first kappa shape index (κ1) is 25.0. The molecule has 0 spiro atoms. The molecule has 1 aliphatic rings. The Hall–Kier alpha value is -1.66. The van der Waals surface area contributed by atoms with Gasteiger partial charge < -0.3 is 15.3 Å². The van der Waals surface area contributed by atoms with Crippen LogP contribution in [0.2, 0.25) is 0 Å². The van der Waals surface area contributed by atoms with E-state index in [1.54, 1.807) is 29.6 Å². The molecule has 1 aromatic heterocycles. The van der Waals surface area contributed by atoms with E-state index in [1.807, 2.05) is 18.7 Å². The molecule has 11 heteroatoms. The van der Waals surface area contributed by atoms with E-state index in [1.165, 1.54) is 27.8 Å². The van der Waals surface area contributed by atoms with Gasteiger partial charge in [0.1, 0.15) is 4.21 Å². The van der Waals surface area contributed by atoms with Crippen LogP contribution in [0.4, 0.5) is 18.9 Å². The van der Waals surface area contributed by atoms with Gasteiger partial charge in [-0.05, 0) is 36.1 Å². The van der Waals surface area contributed by atoms with Crippen LogP contribution in [0.3, 0.4) is 0 Å². The first-order valence-corrected chi connectivity index (χ1v) is 12.6. The predicted molar refractivity (Wildman–Crippen MR) is 119 cm³/mol. The van der Waals surface area contributed by atoms with Gasteiger partial charge in [-0.15, -0.1) is 11.3 Å². The van der Waals surface area contributed by atoms with Gasteiger partial charge in [0.15, 0.2) is 5.60 Å². The number of alkyl halides is 3. The molecular formula is C21H28F3N3O3S2. The Labute approximate surface area is 190 Å². The molecule has 2 N–H and O–H groups in total. The van der Waals surface area contributed by atoms with E-state index in [4.69, 9.17) is 0 Å². The highest BCUT2D eigenvalue weighted by molar-refractivity contribution is 7.91. The molecule has 2 atom stereocenters. The van der Waals surface area contributed by atoms with E-state index in [0.29, 0.717) is 23.0 Å². The van der Waals surface area contributed by atoms with Crippen molar-refractivity contribution in [2.24, 2.45) is 0 Å². The summed E-state index contributed by atoms with van der Waals surface area (Å²) < 4.78 is 67.2. The van der Waals surface area contributed by atoms with Gasteiger partial charge in [-0.1, -0.05) is 32.0 Å². The van der Waals surface area contributed by atoms with Crippen molar-refractivity contribution >= 4 is 27.0 Å². The van der Waals surface area contributed by atoms with E-state index in [0.717, 1.165) is 6.92 Å². The third-order valence-electron chi connectivity index (χ3n) is 5.61. The van der Waals surface area contributed by atoms with Crippen LogP contribution in [0.15, 0.2) is 46.0 Å². The summed E-state index contributed by atoms with van der Waals surface area (Å²) in [4.78, 5) is 2.00. The van der Waals surface area contributed by atoms with Crippen LogP contribution in [0.5, 0.6) is 0 Å². The average Bonchev–Trinajstić information content (AvgIpc) is 3.27. The van der Waals surface area contributed by atoms with Crippen molar-refractivity contribution in [3.8, 4) is 0 Å². The molecule has 178 valence electrons. The van der Waals surface area contributed by atoms with Crippen LogP contribution in [-0.2, 0) is 15.6 Å². The molecule has 2 aromatic rings. The molecule has 1 saturated heterocycles. The van der Waals surface area contributed by atoms with Crippen molar-refractivity contribution in [1.82, 2.24) is 9.62 Å². The lowest BCUT2D eigenvalue weighted by Gasteiger charge is -2.42. The van der Waals surface area contributed by atoms with Crippen LogP contribution >= 0.6 is 11.3 Å². The zero-order valence-corrected chi connectivity index (χ0v) is 19.8. The van der Waals surface area contributed by atoms with E-state index < -0.39 is 21.8 Å². The Morgan fingerprint density at radius 3 is 2.38 bits per heavy atom. The second kappa shape index (κ2) is 9.30. The number of sulfonamides is 1. The Morgan fingerprint density at radius 1 is 1.19 bits per heavy atom. The van der Waals surface area contributed by atoms with E-state index in [-0.39, 0.29) is 30.7 Å². The summed E-state index contributed by atoms with van der Waals surface area (Å²) in [5, 5.41) is 15.0. The number of benzene rings is 1. The normalized spacial score (nSPS) is 20.5. The summed E-state index contributed by atoms with van der Waals surface area (Å²) in [6, 6.07) is 8.88. The van der Waals surface area contributed by atoms with Crippen LogP contribution < -0.4 is 10.2 Å². The number of halogens is 3. The zero-order valence-electron chi connectivity index (χ0n) is 18.1. The minimum absolute atomic E-state index is 0.186. The molecular weight excluding hydrogens is 463 g/mol. The molecule has 0 saturated carbocycles. The lowest BCUT2D eigenvalue weighted by Crippen LogP contribution is -2.58. The largest absolute Gasteiger partial charge is 0.421 e. The number of anilines is 1. The van der Waals surface area contributed by atoms with Crippen LogP contribution in [-0.4, -0.2) is 62.3 Å². The molecule has 2 heterocycles. The van der Waals surface area contributed by atoms with Gasteiger partial charge in [-0.25, -0.2) is 8.42 Å². The van der Waals surface area contributed by atoms with Crippen molar-refractivity contribution < 1.29 is 26.7 Å². The number of aliphatic hydroxyl groups is 1. The van der Waals surface area contributed by atoms with Crippen molar-refractivity contribution in [1.29, 1.82) is 0 Å². The maximum atomic E-state index is 13.2. The highest BCUT2D eigenvalue weighted by Crippen LogP contribution is 2.39. The van der Waals surface area contributed by atoms with E-state index in [2.05, 4.69) is 5.32 Å². The monoisotopic (exact) mass is 491 g/mol. The summed E-state index contributed by atoms with van der Waals surface area (Å²) in [5.41, 5.74) is -2.52. The summed E-state index contributed by atoms with van der Waals surface area (Å²) in [7, 11) is -3.60. The SMILES string of the molecule is CC(C)NC[C@H]1CN(S(=O)(=O)c2cccs2)CCN1c1ccc([C@](C)(O)C(F)(F)F)cc1. The second-order valence-electron chi connectivity index (χ2n) is 8.32. The van der Waals surface area contributed by atoms with Crippen LogP contribution in [0.1, 0.15) is 26.3 Å². The first-order valence-electron chi connectivity index (χ1n) is 10.3. The third kappa shape index (κ3) is 5.12. The Morgan fingerprint density at radius 2 is 1.84 bits per heavy atom. The molecule has 0 amide bonds. The van der Waals surface area contributed by atoms with Crippen molar-refractivity contribution in [2.45, 2.75) is 48.8 Å². The molecule has 6 nitrogen and oxygen atoms in total. The lowest BCUT2D eigenvalue weighted by atomic mass is 9.95. The zero-order chi connectivity index (χ0) is 23.7. The van der Waals surface area contributed by atoms with Gasteiger partial charge in [0.2, 0.25) is 0 Å². The minimum Gasteiger partial charge on any atom is -0.376 e. The molecule has 1 fully saturated rings. The summed E-state index contributed by atoms with van der Waals surface area (Å²) >= 11 is 1.17. The van der Waals surface area contributed by atoms with Crippen molar-refractivity contribution in [3.05, 3.63) is 47.3 Å². The minimum atomic E-state index is -4.79. The highest BCUT2D eigenvalue weighted by Gasteiger charge is 2.51. The maximum absolute atomic E-state index is 13.2. The van der Waals surface area contributed by atoms with Gasteiger partial charge in [0, 0.05) is 37.9 Å². The number of nitrogens with zero attached hydrogens (tertiary/aromatic N) is 2. The highest BCUT2D eigenvalue weighted by atomic mass is 32.2. The van der Waals surface area contributed by atoms with Gasteiger partial charge in [-0.2, -0.15) is 17.5 Å². The summed E-state index contributed by atoms with van der Waals surface area (Å²) in [6.45, 7) is 6.12. The molecule has 1 aliphatic heterocycles. The number of piperazine rings is 1. The quantitative estimate of drug-likeness (QED) is 0.621. The molecule has 0 bridgehead atoms. The number of hydrogen-bond acceptors (Lipinski definition) is 6. The lowest BCUT2D eigenvalue weighted by molar-refractivity contribution is -0.258. The molecule has 0 aliphatic carbocycles. The van der Waals surface area contributed by atoms with Crippen molar-refractivity contribution in [3.63, 3.8) is 0 Å². The summed E-state index contributed by atoms with van der Waals surface area (Å²) in [6.07, 6.45) is -4.79. The first-order chi connectivity index (χ1) is 14.8. The number of thiophene rings is 1. The van der Waals surface area contributed by atoms with Crippen LogP contribution in [0, 0.1) is 0 Å². The molecule has 3 rings (SSSR count). The smallest absolute Gasteiger partial charge is 0.376 e. The topological polar surface area (TPSA) is 72.9 Å². The molecule has 0 unspecified atom stereocenters. The number of nitrogens with one attached hydrogen (secondary N) is 1. The fraction of sp³-hybridized carbons (Fsp3) is 0.524. The molecule has 1 aromatic carbocycles. The predicted octanol–water partition coefficient (Wildman–Crippen LogP) is 3.40. The molecule has 32 heavy (non-hydrogen) atoms. The Balaban J connectivity index is 1.84. The van der Waals surface area contributed by atoms with Gasteiger partial charge >= 0.3 is 6.18 Å². The van der Waals surface area contributed by atoms with Gasteiger partial charge in [0.05, 0.1) is 6.04 Å². The van der Waals surface area contributed by atoms with E-state index in [9.17, 15) is 26.7 Å². The molecule has 0 radical (unpaired) electrons.